The minimum atomic E-state index is 0.891. The number of fused-ring (bicyclic) bond motifs is 3. The minimum absolute atomic E-state index is 0.891. The molecule has 6 aromatic rings. The second-order valence-electron chi connectivity index (χ2n) is 8.65. The van der Waals surface area contributed by atoms with Gasteiger partial charge in [-0.3, -0.25) is 0 Å². The van der Waals surface area contributed by atoms with E-state index >= 15 is 0 Å². The molecule has 0 aliphatic heterocycles. The van der Waals surface area contributed by atoms with Gasteiger partial charge in [-0.2, -0.15) is 0 Å². The highest BCUT2D eigenvalue weighted by Crippen LogP contribution is 2.45. The molecule has 0 saturated heterocycles. The van der Waals surface area contributed by atoms with Gasteiger partial charge in [0.1, 0.15) is 0 Å². The fraction of sp³-hybridized carbons (Fsp3) is 0.0625. The summed E-state index contributed by atoms with van der Waals surface area (Å²) in [5, 5.41) is 2.63. The van der Waals surface area contributed by atoms with Crippen molar-refractivity contribution in [2.24, 2.45) is 7.05 Å². The topological polar surface area (TPSA) is 4.93 Å². The van der Waals surface area contributed by atoms with Crippen molar-refractivity contribution < 1.29 is 0 Å². The van der Waals surface area contributed by atoms with E-state index < -0.39 is 0 Å². The lowest BCUT2D eigenvalue weighted by Crippen LogP contribution is -1.98. The molecule has 0 aliphatic rings. The van der Waals surface area contributed by atoms with Crippen LogP contribution in [-0.2, 0) is 13.5 Å². The molecule has 0 bridgehead atoms. The van der Waals surface area contributed by atoms with E-state index in [1.54, 1.807) is 0 Å². The van der Waals surface area contributed by atoms with E-state index in [1.807, 2.05) is 0 Å². The molecule has 1 aromatic heterocycles. The summed E-state index contributed by atoms with van der Waals surface area (Å²) in [4.78, 5) is 0. The Bertz CT molecular complexity index is 1560. The molecule has 0 atom stereocenters. The van der Waals surface area contributed by atoms with Crippen LogP contribution in [0.1, 0.15) is 11.1 Å². The summed E-state index contributed by atoms with van der Waals surface area (Å²) in [5.74, 6) is 0. The van der Waals surface area contributed by atoms with E-state index in [1.165, 1.54) is 55.2 Å². The third-order valence-corrected chi connectivity index (χ3v) is 6.65. The summed E-state index contributed by atoms with van der Waals surface area (Å²) in [6.45, 7) is 0. The normalized spacial score (nSPS) is 11.3. The summed E-state index contributed by atoms with van der Waals surface area (Å²) < 4.78 is 2.35. The lowest BCUT2D eigenvalue weighted by Gasteiger charge is -2.19. The van der Waals surface area contributed by atoms with Crippen molar-refractivity contribution in [3.63, 3.8) is 0 Å². The average Bonchev–Trinajstić information content (AvgIpc) is 3.16. The van der Waals surface area contributed by atoms with Crippen molar-refractivity contribution in [3.05, 3.63) is 132 Å². The van der Waals surface area contributed by atoms with E-state index in [9.17, 15) is 0 Å². The molecule has 0 spiro atoms. The van der Waals surface area contributed by atoms with Crippen LogP contribution in [0.2, 0.25) is 0 Å². The van der Waals surface area contributed by atoms with E-state index in [-0.39, 0.29) is 0 Å². The van der Waals surface area contributed by atoms with Gasteiger partial charge in [-0.25, -0.2) is 0 Å². The predicted octanol–water partition coefficient (Wildman–Crippen LogP) is 8.26. The van der Waals surface area contributed by atoms with Gasteiger partial charge in [0.15, 0.2) is 0 Å². The molecule has 0 saturated carbocycles. The molecule has 0 fully saturated rings. The number of aromatic nitrogens is 1. The Labute approximate surface area is 194 Å². The molecular weight excluding hydrogens is 398 g/mol. The maximum Gasteiger partial charge on any atom is 0.0498 e. The monoisotopic (exact) mass is 423 g/mol. The second-order valence-corrected chi connectivity index (χ2v) is 8.65. The number of hydrogen-bond donors (Lipinski definition) is 0. The van der Waals surface area contributed by atoms with Gasteiger partial charge in [-0.05, 0) is 51.9 Å². The van der Waals surface area contributed by atoms with Crippen LogP contribution in [0, 0.1) is 0 Å². The highest BCUT2D eigenvalue weighted by molar-refractivity contribution is 6.18. The molecule has 33 heavy (non-hydrogen) atoms. The quantitative estimate of drug-likeness (QED) is 0.269. The highest BCUT2D eigenvalue weighted by Gasteiger charge is 2.21. The number of rotatable bonds is 4. The van der Waals surface area contributed by atoms with Gasteiger partial charge in [0.2, 0.25) is 0 Å². The first kappa shape index (κ1) is 19.6. The van der Waals surface area contributed by atoms with Gasteiger partial charge in [-0.15, -0.1) is 0 Å². The molecule has 158 valence electrons. The number of para-hydroxylation sites is 1. The summed E-state index contributed by atoms with van der Waals surface area (Å²) in [5.41, 5.74) is 10.4. The van der Waals surface area contributed by atoms with Crippen molar-refractivity contribution in [2.45, 2.75) is 6.42 Å². The molecule has 0 N–H and O–H groups in total. The number of hydrogen-bond acceptors (Lipinski definition) is 0. The Morgan fingerprint density at radius 3 is 1.76 bits per heavy atom. The van der Waals surface area contributed by atoms with Crippen molar-refractivity contribution >= 4 is 21.8 Å². The van der Waals surface area contributed by atoms with E-state index in [2.05, 4.69) is 133 Å². The Kier molecular flexibility index (Phi) is 4.81. The smallest absolute Gasteiger partial charge is 0.0498 e. The van der Waals surface area contributed by atoms with Crippen molar-refractivity contribution in [2.75, 3.05) is 0 Å². The summed E-state index contributed by atoms with van der Waals surface area (Å²) in [6, 6.07) is 43.7. The summed E-state index contributed by atoms with van der Waals surface area (Å²) >= 11 is 0. The van der Waals surface area contributed by atoms with Crippen LogP contribution in [-0.4, -0.2) is 4.57 Å². The fourth-order valence-corrected chi connectivity index (χ4v) is 5.15. The number of benzene rings is 5. The van der Waals surface area contributed by atoms with Crippen molar-refractivity contribution in [3.8, 4) is 22.3 Å². The average molecular weight is 424 g/mol. The highest BCUT2D eigenvalue weighted by atomic mass is 14.9. The molecule has 0 unspecified atom stereocenters. The first-order chi connectivity index (χ1) is 16.3. The molecule has 1 heteroatoms. The molecule has 0 amide bonds. The standard InChI is InChI=1S/C32H25N/c1-33-28-20-12-11-19-27(28)32-29(33)22-26(21-23-13-5-2-6-14-23)30(24-15-7-3-8-16-24)31(32)25-17-9-4-10-18-25/h2-20,22H,21H2,1H3. The molecule has 0 radical (unpaired) electrons. The second kappa shape index (κ2) is 8.11. The van der Waals surface area contributed by atoms with Gasteiger partial charge >= 0.3 is 0 Å². The molecule has 6 rings (SSSR count). The van der Waals surface area contributed by atoms with E-state index in [4.69, 9.17) is 0 Å². The van der Waals surface area contributed by atoms with E-state index in [0.29, 0.717) is 0 Å². The molecule has 0 aliphatic carbocycles. The lowest BCUT2D eigenvalue weighted by molar-refractivity contribution is 1.01. The van der Waals surface area contributed by atoms with Gasteiger partial charge < -0.3 is 4.57 Å². The van der Waals surface area contributed by atoms with Crippen LogP contribution in [0.5, 0.6) is 0 Å². The van der Waals surface area contributed by atoms with Gasteiger partial charge in [0.05, 0.1) is 0 Å². The Morgan fingerprint density at radius 1 is 0.545 bits per heavy atom. The molecule has 5 aromatic carbocycles. The van der Waals surface area contributed by atoms with Crippen LogP contribution >= 0.6 is 0 Å². The third-order valence-electron chi connectivity index (χ3n) is 6.65. The molecule has 1 heterocycles. The third kappa shape index (κ3) is 3.34. The zero-order valence-electron chi connectivity index (χ0n) is 18.7. The zero-order valence-corrected chi connectivity index (χ0v) is 18.7. The van der Waals surface area contributed by atoms with Crippen LogP contribution in [0.25, 0.3) is 44.1 Å². The maximum atomic E-state index is 2.41. The maximum absolute atomic E-state index is 2.41. The first-order valence-electron chi connectivity index (χ1n) is 11.5. The van der Waals surface area contributed by atoms with E-state index in [0.717, 1.165) is 6.42 Å². The van der Waals surface area contributed by atoms with Crippen molar-refractivity contribution in [1.29, 1.82) is 0 Å². The van der Waals surface area contributed by atoms with Crippen molar-refractivity contribution in [1.82, 2.24) is 4.57 Å². The van der Waals surface area contributed by atoms with Gasteiger partial charge in [0, 0.05) is 28.9 Å². The van der Waals surface area contributed by atoms with Crippen LogP contribution < -0.4 is 0 Å². The van der Waals surface area contributed by atoms with Crippen LogP contribution in [0.3, 0.4) is 0 Å². The largest absolute Gasteiger partial charge is 0.344 e. The minimum Gasteiger partial charge on any atom is -0.344 e. The summed E-state index contributed by atoms with van der Waals surface area (Å²) in [6.07, 6.45) is 0.891. The van der Waals surface area contributed by atoms with Gasteiger partial charge in [-0.1, -0.05) is 109 Å². The predicted molar refractivity (Wildman–Crippen MR) is 141 cm³/mol. The zero-order chi connectivity index (χ0) is 22.2. The van der Waals surface area contributed by atoms with Gasteiger partial charge in [0.25, 0.3) is 0 Å². The fourth-order valence-electron chi connectivity index (χ4n) is 5.15. The lowest BCUT2D eigenvalue weighted by atomic mass is 9.85. The Balaban J connectivity index is 1.80. The van der Waals surface area contributed by atoms with Crippen LogP contribution in [0.4, 0.5) is 0 Å². The molecular formula is C32H25N. The molecule has 1 nitrogen and oxygen atoms in total. The Hall–Kier alpha value is -4.10. The van der Waals surface area contributed by atoms with Crippen LogP contribution in [0.15, 0.2) is 121 Å². The Morgan fingerprint density at radius 2 is 1.09 bits per heavy atom. The summed E-state index contributed by atoms with van der Waals surface area (Å²) in [7, 11) is 2.19. The first-order valence-corrected chi connectivity index (χ1v) is 11.5. The SMILES string of the molecule is Cn1c2ccccc2c2c(-c3ccccc3)c(-c3ccccc3)c(Cc3ccccc3)cc21. The number of nitrogens with zero attached hydrogens (tertiary/aromatic N) is 1. The number of aryl methyl sites for hydroxylation is 1.